The minimum Gasteiger partial charge on any atom is -0.506 e. The zero-order valence-corrected chi connectivity index (χ0v) is 18.1. The highest BCUT2D eigenvalue weighted by molar-refractivity contribution is 6.03. The van der Waals surface area contributed by atoms with Gasteiger partial charge in [0.25, 0.3) is 5.91 Å². The number of hydrogen-bond acceptors (Lipinski definition) is 3. The Morgan fingerprint density at radius 2 is 2.00 bits per heavy atom. The number of hydrogen-bond donors (Lipinski definition) is 1. The van der Waals surface area contributed by atoms with E-state index in [0.29, 0.717) is 16.9 Å². The molecule has 1 unspecified atom stereocenters. The zero-order chi connectivity index (χ0) is 20.9. The van der Waals surface area contributed by atoms with Crippen LogP contribution in [-0.4, -0.2) is 28.5 Å². The smallest absolute Gasteiger partial charge is 0.258 e. The molecule has 0 saturated carbocycles. The highest BCUT2D eigenvalue weighted by Gasteiger charge is 2.40. The van der Waals surface area contributed by atoms with Crippen LogP contribution in [0.15, 0.2) is 24.3 Å². The number of amides is 1. The number of nitrogens with zero attached hydrogens (tertiary/aromatic N) is 1. The largest absolute Gasteiger partial charge is 0.506 e. The molecule has 29 heavy (non-hydrogen) atoms. The zero-order valence-electron chi connectivity index (χ0n) is 18.1. The van der Waals surface area contributed by atoms with Crippen LogP contribution in [0.4, 0.5) is 0 Å². The molecule has 2 aliphatic rings. The van der Waals surface area contributed by atoms with Crippen molar-refractivity contribution in [1.82, 2.24) is 4.90 Å². The van der Waals surface area contributed by atoms with E-state index < -0.39 is 5.60 Å². The molecule has 1 fully saturated rings. The van der Waals surface area contributed by atoms with E-state index in [9.17, 15) is 9.90 Å². The lowest BCUT2D eigenvalue weighted by atomic mass is 9.83. The van der Waals surface area contributed by atoms with Crippen LogP contribution in [0.5, 0.6) is 11.5 Å². The third-order valence-corrected chi connectivity index (χ3v) is 6.19. The van der Waals surface area contributed by atoms with Gasteiger partial charge in [-0.25, -0.2) is 0 Å². The van der Waals surface area contributed by atoms with Crippen LogP contribution >= 0.6 is 0 Å². The van der Waals surface area contributed by atoms with Crippen molar-refractivity contribution >= 4 is 5.91 Å². The van der Waals surface area contributed by atoms with Crippen LogP contribution in [0.1, 0.15) is 74.0 Å². The van der Waals surface area contributed by atoms with Crippen molar-refractivity contribution in [3.05, 3.63) is 46.5 Å². The Morgan fingerprint density at radius 1 is 1.28 bits per heavy atom. The Kier molecular flexibility index (Phi) is 4.84. The molecule has 1 saturated heterocycles. The van der Waals surface area contributed by atoms with Gasteiger partial charge in [0.1, 0.15) is 17.1 Å². The summed E-state index contributed by atoms with van der Waals surface area (Å²) >= 11 is 0. The van der Waals surface area contributed by atoms with E-state index in [1.54, 1.807) is 0 Å². The fraction of sp³-hybridized carbons (Fsp3) is 0.480. The first kappa shape index (κ1) is 19.8. The first-order chi connectivity index (χ1) is 13.7. The molecule has 1 N–H and O–H groups in total. The summed E-state index contributed by atoms with van der Waals surface area (Å²) in [6.07, 6.45) is 3.96. The molecule has 2 heterocycles. The second kappa shape index (κ2) is 7.08. The van der Waals surface area contributed by atoms with Crippen molar-refractivity contribution < 1.29 is 14.6 Å². The molecule has 154 valence electrons. The number of carbonyl (C=O) groups is 1. The number of phenolic OH excluding ortho intramolecular Hbond substituents is 1. The first-order valence-corrected chi connectivity index (χ1v) is 10.7. The van der Waals surface area contributed by atoms with Crippen LogP contribution < -0.4 is 4.74 Å². The van der Waals surface area contributed by atoms with E-state index in [1.165, 1.54) is 0 Å². The van der Waals surface area contributed by atoms with Gasteiger partial charge < -0.3 is 14.7 Å². The second-order valence-corrected chi connectivity index (χ2v) is 9.06. The minimum absolute atomic E-state index is 0.0664. The summed E-state index contributed by atoms with van der Waals surface area (Å²) in [5, 5.41) is 11.4. The SMILES string of the molecule is CCCCCc1cc2c(c(O)c1C(=O)N1CC1C)-c1cc(C)ccc1C(C)(C)O2. The van der Waals surface area contributed by atoms with E-state index in [0.717, 1.165) is 54.5 Å². The van der Waals surface area contributed by atoms with Gasteiger partial charge in [-0.15, -0.1) is 0 Å². The molecule has 4 nitrogen and oxygen atoms in total. The fourth-order valence-electron chi connectivity index (χ4n) is 4.42. The molecule has 2 aromatic carbocycles. The summed E-state index contributed by atoms with van der Waals surface area (Å²) in [7, 11) is 0. The third-order valence-electron chi connectivity index (χ3n) is 6.19. The number of unbranched alkanes of at least 4 members (excludes halogenated alkanes) is 2. The number of carbonyl (C=O) groups excluding carboxylic acids is 1. The maximum atomic E-state index is 13.2. The Labute approximate surface area is 173 Å². The van der Waals surface area contributed by atoms with E-state index in [2.05, 4.69) is 39.0 Å². The quantitative estimate of drug-likeness (QED) is 0.533. The second-order valence-electron chi connectivity index (χ2n) is 9.06. The maximum Gasteiger partial charge on any atom is 0.258 e. The predicted octanol–water partition coefficient (Wildman–Crippen LogP) is 5.57. The molecule has 1 amide bonds. The Morgan fingerprint density at radius 3 is 2.66 bits per heavy atom. The molecule has 4 rings (SSSR count). The van der Waals surface area contributed by atoms with Crippen molar-refractivity contribution in [2.24, 2.45) is 0 Å². The Balaban J connectivity index is 1.91. The molecular formula is C25H31NO3. The Bertz CT molecular complexity index is 977. The molecule has 2 aliphatic heterocycles. The number of rotatable bonds is 5. The highest BCUT2D eigenvalue weighted by atomic mass is 16.5. The molecule has 0 bridgehead atoms. The molecule has 2 aromatic rings. The van der Waals surface area contributed by atoms with Crippen LogP contribution in [0.2, 0.25) is 0 Å². The lowest BCUT2D eigenvalue weighted by molar-refractivity contribution is 0.0871. The molecular weight excluding hydrogens is 362 g/mol. The van der Waals surface area contributed by atoms with Gasteiger partial charge in [0.05, 0.1) is 11.1 Å². The number of benzene rings is 2. The first-order valence-electron chi connectivity index (χ1n) is 10.7. The normalized spacial score (nSPS) is 18.7. The van der Waals surface area contributed by atoms with Crippen LogP contribution in [0, 0.1) is 6.92 Å². The fourth-order valence-corrected chi connectivity index (χ4v) is 4.42. The highest BCUT2D eigenvalue weighted by Crippen LogP contribution is 2.51. The van der Waals surface area contributed by atoms with Gasteiger partial charge in [-0.05, 0) is 57.7 Å². The summed E-state index contributed by atoms with van der Waals surface area (Å²) in [4.78, 5) is 15.0. The summed E-state index contributed by atoms with van der Waals surface area (Å²) < 4.78 is 6.36. The molecule has 1 atom stereocenters. The van der Waals surface area contributed by atoms with Crippen LogP contribution in [0.25, 0.3) is 11.1 Å². The summed E-state index contributed by atoms with van der Waals surface area (Å²) in [5.41, 5.74) is 4.62. The van der Waals surface area contributed by atoms with Crippen molar-refractivity contribution in [3.8, 4) is 22.6 Å². The summed E-state index contributed by atoms with van der Waals surface area (Å²) in [6.45, 7) is 11.1. The molecule has 0 aliphatic carbocycles. The van der Waals surface area contributed by atoms with Gasteiger partial charge in [0.2, 0.25) is 0 Å². The number of ether oxygens (including phenoxy) is 1. The topological polar surface area (TPSA) is 49.5 Å². The lowest BCUT2D eigenvalue weighted by Gasteiger charge is -2.36. The number of phenols is 1. The third kappa shape index (κ3) is 3.39. The van der Waals surface area contributed by atoms with Gasteiger partial charge in [-0.1, -0.05) is 43.5 Å². The van der Waals surface area contributed by atoms with E-state index in [-0.39, 0.29) is 17.7 Å². The van der Waals surface area contributed by atoms with Gasteiger partial charge in [0.15, 0.2) is 0 Å². The van der Waals surface area contributed by atoms with Gasteiger partial charge in [-0.2, -0.15) is 0 Å². The molecule has 0 spiro atoms. The van der Waals surface area contributed by atoms with Crippen LogP contribution in [-0.2, 0) is 12.0 Å². The molecule has 0 radical (unpaired) electrons. The maximum absolute atomic E-state index is 13.2. The van der Waals surface area contributed by atoms with E-state index in [1.807, 2.05) is 24.8 Å². The molecule has 0 aromatic heterocycles. The average Bonchev–Trinajstić information content (AvgIpc) is 3.37. The molecule has 4 heteroatoms. The van der Waals surface area contributed by atoms with Crippen molar-refractivity contribution in [1.29, 1.82) is 0 Å². The minimum atomic E-state index is -0.497. The van der Waals surface area contributed by atoms with Gasteiger partial charge in [0, 0.05) is 18.2 Å². The van der Waals surface area contributed by atoms with E-state index >= 15 is 0 Å². The monoisotopic (exact) mass is 393 g/mol. The van der Waals surface area contributed by atoms with Crippen molar-refractivity contribution in [2.75, 3.05) is 6.54 Å². The Hall–Kier alpha value is -2.49. The summed E-state index contributed by atoms with van der Waals surface area (Å²) in [5.74, 6) is 0.677. The van der Waals surface area contributed by atoms with Crippen LogP contribution in [0.3, 0.4) is 0 Å². The van der Waals surface area contributed by atoms with Crippen molar-refractivity contribution in [2.45, 2.75) is 71.9 Å². The van der Waals surface area contributed by atoms with Crippen molar-refractivity contribution in [3.63, 3.8) is 0 Å². The van der Waals surface area contributed by atoms with E-state index in [4.69, 9.17) is 4.74 Å². The van der Waals surface area contributed by atoms with Gasteiger partial charge in [-0.3, -0.25) is 4.79 Å². The number of aromatic hydroxyl groups is 1. The average molecular weight is 394 g/mol. The lowest BCUT2D eigenvalue weighted by Crippen LogP contribution is -2.30. The van der Waals surface area contributed by atoms with Gasteiger partial charge >= 0.3 is 0 Å². The number of fused-ring (bicyclic) bond motifs is 3. The predicted molar refractivity (Wildman–Crippen MR) is 116 cm³/mol. The standard InChI is InChI=1S/C25H31NO3/c1-6-7-8-9-17-13-20-22(23(27)21(17)24(28)26-14-16(26)3)18-12-15(2)10-11-19(18)25(4,5)29-20/h10-13,16,27H,6-9,14H2,1-5H3. The number of aryl methyl sites for hydroxylation is 2. The summed E-state index contributed by atoms with van der Waals surface area (Å²) in [6, 6.07) is 8.46.